The number of hydrogen-bond acceptors (Lipinski definition) is 2. The van der Waals surface area contributed by atoms with Crippen LogP contribution in [0.1, 0.15) is 11.8 Å². The molecule has 0 fully saturated rings. The summed E-state index contributed by atoms with van der Waals surface area (Å²) in [6.45, 7) is -0.797. The smallest absolute Gasteiger partial charge is 0.124 e. The summed E-state index contributed by atoms with van der Waals surface area (Å²) in [7, 11) is 0. The van der Waals surface area contributed by atoms with Gasteiger partial charge in [0.2, 0.25) is 0 Å². The zero-order valence-electron chi connectivity index (χ0n) is 5.67. The van der Waals surface area contributed by atoms with Crippen LogP contribution in [0.5, 0.6) is 0 Å². The quantitative estimate of drug-likeness (QED) is 0.824. The van der Waals surface area contributed by atoms with Crippen LogP contribution in [0.25, 0.3) is 0 Å². The fourth-order valence-electron chi connectivity index (χ4n) is 0.663. The number of aromatic nitrogens is 1. The molecule has 0 aromatic carbocycles. The Morgan fingerprint density at radius 3 is 2.82 bits per heavy atom. The van der Waals surface area contributed by atoms with Crippen molar-refractivity contribution in [3.8, 4) is 0 Å². The van der Waals surface area contributed by atoms with E-state index in [1.54, 1.807) is 12.1 Å². The van der Waals surface area contributed by atoms with Crippen LogP contribution in [0.4, 0.5) is 4.39 Å². The van der Waals surface area contributed by atoms with Gasteiger partial charge in [0.25, 0.3) is 0 Å². The lowest BCUT2D eigenvalue weighted by Gasteiger charge is -2.03. The van der Waals surface area contributed by atoms with Gasteiger partial charge >= 0.3 is 0 Å². The van der Waals surface area contributed by atoms with Gasteiger partial charge in [-0.3, -0.25) is 4.98 Å². The Bertz CT molecular complexity index is 226. The topological polar surface area (TPSA) is 33.1 Å². The molecular formula is C7H7BrFNO. The van der Waals surface area contributed by atoms with E-state index < -0.39 is 12.8 Å². The molecule has 1 aromatic heterocycles. The number of rotatable bonds is 2. The van der Waals surface area contributed by atoms with Crippen LogP contribution in [0.15, 0.2) is 22.8 Å². The Balaban J connectivity index is 2.81. The van der Waals surface area contributed by atoms with Crippen molar-refractivity contribution >= 4 is 15.9 Å². The second-order valence-electron chi connectivity index (χ2n) is 2.07. The molecule has 0 spiro atoms. The minimum atomic E-state index is -1.09. The molecule has 0 amide bonds. The largest absolute Gasteiger partial charge is 0.384 e. The highest BCUT2D eigenvalue weighted by atomic mass is 79.9. The van der Waals surface area contributed by atoms with E-state index in [4.69, 9.17) is 5.11 Å². The van der Waals surface area contributed by atoms with Gasteiger partial charge in [0.15, 0.2) is 0 Å². The molecule has 2 nitrogen and oxygen atoms in total. The maximum absolute atomic E-state index is 11.9. The average Bonchev–Trinajstić information content (AvgIpc) is 2.05. The third-order valence-corrected chi connectivity index (χ3v) is 1.71. The summed E-state index contributed by atoms with van der Waals surface area (Å²) in [6.07, 6.45) is 0.428. The summed E-state index contributed by atoms with van der Waals surface area (Å²) in [5.74, 6) is 0. The van der Waals surface area contributed by atoms with Crippen LogP contribution in [-0.2, 0) is 0 Å². The molecule has 1 aromatic rings. The molecule has 4 heteroatoms. The van der Waals surface area contributed by atoms with E-state index in [-0.39, 0.29) is 0 Å². The summed E-state index contributed by atoms with van der Waals surface area (Å²) < 4.78 is 12.7. The highest BCUT2D eigenvalue weighted by molar-refractivity contribution is 9.10. The summed E-state index contributed by atoms with van der Waals surface area (Å²) in [5, 5.41) is 8.97. The maximum atomic E-state index is 11.9. The van der Waals surface area contributed by atoms with Crippen LogP contribution >= 0.6 is 15.9 Å². The summed E-state index contributed by atoms with van der Waals surface area (Å²) in [5.41, 5.74) is 0.357. The van der Waals surface area contributed by atoms with Gasteiger partial charge < -0.3 is 5.11 Å². The Morgan fingerprint density at radius 2 is 2.36 bits per heavy atom. The van der Waals surface area contributed by atoms with Crippen molar-refractivity contribution in [1.82, 2.24) is 4.98 Å². The monoisotopic (exact) mass is 219 g/mol. The molecule has 0 saturated carbocycles. The van der Waals surface area contributed by atoms with E-state index in [0.717, 1.165) is 4.47 Å². The molecule has 1 rings (SSSR count). The van der Waals surface area contributed by atoms with Crippen molar-refractivity contribution in [2.75, 3.05) is 6.67 Å². The lowest BCUT2D eigenvalue weighted by Crippen LogP contribution is -2.01. The van der Waals surface area contributed by atoms with Crippen molar-refractivity contribution in [2.24, 2.45) is 0 Å². The van der Waals surface area contributed by atoms with Crippen molar-refractivity contribution in [3.05, 3.63) is 28.5 Å². The van der Waals surface area contributed by atoms with Crippen LogP contribution in [0.3, 0.4) is 0 Å². The minimum absolute atomic E-state index is 0.357. The van der Waals surface area contributed by atoms with Crippen LogP contribution in [0.2, 0.25) is 0 Å². The first-order chi connectivity index (χ1) is 5.24. The number of aliphatic hydroxyl groups excluding tert-OH is 1. The van der Waals surface area contributed by atoms with Crippen molar-refractivity contribution in [3.63, 3.8) is 0 Å². The Labute approximate surface area is 72.2 Å². The van der Waals surface area contributed by atoms with E-state index >= 15 is 0 Å². The fraction of sp³-hybridized carbons (Fsp3) is 0.286. The number of aliphatic hydroxyl groups is 1. The second kappa shape index (κ2) is 3.78. The third kappa shape index (κ3) is 2.24. The molecule has 0 saturated heterocycles. The zero-order valence-corrected chi connectivity index (χ0v) is 7.25. The normalized spacial score (nSPS) is 13.0. The molecular weight excluding hydrogens is 213 g/mol. The van der Waals surface area contributed by atoms with Crippen molar-refractivity contribution < 1.29 is 9.50 Å². The predicted molar refractivity (Wildman–Crippen MR) is 42.9 cm³/mol. The van der Waals surface area contributed by atoms with Gasteiger partial charge in [-0.1, -0.05) is 0 Å². The molecule has 0 aliphatic carbocycles. The molecule has 11 heavy (non-hydrogen) atoms. The van der Waals surface area contributed by atoms with Crippen molar-refractivity contribution in [2.45, 2.75) is 6.10 Å². The number of pyridine rings is 1. The minimum Gasteiger partial charge on any atom is -0.384 e. The van der Waals surface area contributed by atoms with Gasteiger partial charge in [-0.2, -0.15) is 0 Å². The Kier molecular flexibility index (Phi) is 2.96. The van der Waals surface area contributed by atoms with Gasteiger partial charge in [-0.15, -0.1) is 0 Å². The second-order valence-corrected chi connectivity index (χ2v) is 2.99. The van der Waals surface area contributed by atoms with E-state index in [0.29, 0.717) is 5.69 Å². The number of alkyl halides is 1. The number of hydrogen-bond donors (Lipinski definition) is 1. The van der Waals surface area contributed by atoms with Crippen LogP contribution in [-0.4, -0.2) is 16.8 Å². The first kappa shape index (κ1) is 8.62. The molecule has 1 N–H and O–H groups in total. The summed E-state index contributed by atoms with van der Waals surface area (Å²) in [6, 6.07) is 3.29. The van der Waals surface area contributed by atoms with E-state index in [1.165, 1.54) is 6.20 Å². The fourth-order valence-corrected chi connectivity index (χ4v) is 0.898. The SMILES string of the molecule is OC(CF)c1ccc(Br)cn1. The van der Waals surface area contributed by atoms with Gasteiger partial charge in [-0.05, 0) is 28.1 Å². The number of nitrogens with zero attached hydrogens (tertiary/aromatic N) is 1. The molecule has 0 bridgehead atoms. The Morgan fingerprint density at radius 1 is 1.64 bits per heavy atom. The average molecular weight is 220 g/mol. The lowest BCUT2D eigenvalue weighted by atomic mass is 10.2. The predicted octanol–water partition coefficient (Wildman–Crippen LogP) is 1.85. The maximum Gasteiger partial charge on any atom is 0.124 e. The van der Waals surface area contributed by atoms with E-state index in [1.807, 2.05) is 0 Å². The Hall–Kier alpha value is -0.480. The molecule has 1 unspecified atom stereocenters. The third-order valence-electron chi connectivity index (χ3n) is 1.24. The summed E-state index contributed by atoms with van der Waals surface area (Å²) in [4.78, 5) is 3.81. The van der Waals surface area contributed by atoms with Crippen LogP contribution in [0, 0.1) is 0 Å². The lowest BCUT2D eigenvalue weighted by molar-refractivity contribution is 0.137. The highest BCUT2D eigenvalue weighted by Gasteiger charge is 2.06. The van der Waals surface area contributed by atoms with Gasteiger partial charge in [0.05, 0.1) is 5.69 Å². The molecule has 0 radical (unpaired) electrons. The van der Waals surface area contributed by atoms with Crippen molar-refractivity contribution in [1.29, 1.82) is 0 Å². The van der Waals surface area contributed by atoms with E-state index in [2.05, 4.69) is 20.9 Å². The van der Waals surface area contributed by atoms with Gasteiger partial charge in [0, 0.05) is 10.7 Å². The standard InChI is InChI=1S/C7H7BrFNO/c8-5-1-2-6(10-4-5)7(11)3-9/h1-2,4,7,11H,3H2. The molecule has 1 heterocycles. The highest BCUT2D eigenvalue weighted by Crippen LogP contribution is 2.13. The van der Waals surface area contributed by atoms with Gasteiger partial charge in [-0.25, -0.2) is 4.39 Å². The molecule has 1 atom stereocenters. The zero-order chi connectivity index (χ0) is 8.27. The first-order valence-electron chi connectivity index (χ1n) is 3.09. The van der Waals surface area contributed by atoms with Gasteiger partial charge in [0.1, 0.15) is 12.8 Å². The number of halogens is 2. The summed E-state index contributed by atoms with van der Waals surface area (Å²) >= 11 is 3.18. The van der Waals surface area contributed by atoms with Crippen LogP contribution < -0.4 is 0 Å². The molecule has 0 aliphatic rings. The first-order valence-corrected chi connectivity index (χ1v) is 3.89. The molecule has 0 aliphatic heterocycles. The molecule has 60 valence electrons. The van der Waals surface area contributed by atoms with E-state index in [9.17, 15) is 4.39 Å².